The second-order valence-corrected chi connectivity index (χ2v) is 16.8. The van der Waals surface area contributed by atoms with E-state index in [1.165, 1.54) is 18.6 Å². The van der Waals surface area contributed by atoms with Crippen molar-refractivity contribution in [2.75, 3.05) is 25.5 Å². The van der Waals surface area contributed by atoms with Gasteiger partial charge < -0.3 is 20.4 Å². The quantitative estimate of drug-likeness (QED) is 0.311. The van der Waals surface area contributed by atoms with E-state index in [1.54, 1.807) is 12.1 Å². The number of nitrogens with zero attached hydrogens (tertiary/aromatic N) is 1. The Morgan fingerprint density at radius 3 is 2.30 bits per heavy atom. The number of fused-ring (bicyclic) bond motifs is 5. The number of amides is 2. The lowest BCUT2D eigenvalue weighted by Gasteiger charge is -2.64. The molecule has 4 N–H and O–H groups in total. The number of hydrogen-bond donors (Lipinski definition) is 4. The predicted molar refractivity (Wildman–Crippen MR) is 170 cm³/mol. The fraction of sp³-hybridized carbons (Fsp3) is 0.794. The van der Waals surface area contributed by atoms with Gasteiger partial charge in [-0.1, -0.05) is 34.1 Å². The van der Waals surface area contributed by atoms with Crippen LogP contribution in [0.1, 0.15) is 85.5 Å². The molecule has 0 aliphatic heterocycles. The Morgan fingerprint density at radius 2 is 1.65 bits per heavy atom. The Hall–Kier alpha value is -1.84. The smallest absolute Gasteiger partial charge is 0.328 e. The Morgan fingerprint density at radius 1 is 1.00 bits per heavy atom. The van der Waals surface area contributed by atoms with E-state index >= 15 is 0 Å². The van der Waals surface area contributed by atoms with Gasteiger partial charge in [0.05, 0.1) is 17.1 Å². The second kappa shape index (κ2) is 12.2. The van der Waals surface area contributed by atoms with Crippen LogP contribution in [0.25, 0.3) is 0 Å². The molecule has 0 spiro atoms. The van der Waals surface area contributed by atoms with Crippen molar-refractivity contribution >= 4 is 21.7 Å². The molecule has 5 rings (SSSR count). The lowest BCUT2D eigenvalue weighted by atomic mass is 9.41. The van der Waals surface area contributed by atoms with E-state index in [9.17, 15) is 23.4 Å². The SMILES string of the molecule is CC[C@H]1[C@@H](O)C2[C@@H]3CC[C@H]([C@H](C)CCNC(=O)NS(=O)(=O)c4ccc(N(C)C)cc4)[C@@]3(C)CC[C@@H]2[C@@]2(C)CC[C@@H](O)C[C@@H]12. The van der Waals surface area contributed by atoms with Gasteiger partial charge in [0.1, 0.15) is 0 Å². The van der Waals surface area contributed by atoms with Crippen LogP contribution in [0.2, 0.25) is 0 Å². The fourth-order valence-electron chi connectivity index (χ4n) is 10.7. The Kier molecular flexibility index (Phi) is 9.21. The molecule has 4 fully saturated rings. The first-order valence-electron chi connectivity index (χ1n) is 16.7. The van der Waals surface area contributed by atoms with E-state index in [-0.39, 0.29) is 33.9 Å². The molecule has 4 saturated carbocycles. The van der Waals surface area contributed by atoms with E-state index in [1.807, 2.05) is 19.0 Å². The third-order valence-electron chi connectivity index (χ3n) is 12.9. The summed E-state index contributed by atoms with van der Waals surface area (Å²) in [7, 11) is -0.189. The van der Waals surface area contributed by atoms with E-state index in [4.69, 9.17) is 0 Å². The highest BCUT2D eigenvalue weighted by Crippen LogP contribution is 2.69. The molecule has 0 aromatic heterocycles. The summed E-state index contributed by atoms with van der Waals surface area (Å²) in [6.07, 6.45) is 8.59. The molecular formula is C34H55N3O5S. The van der Waals surface area contributed by atoms with Crippen LogP contribution in [0.3, 0.4) is 0 Å². The fourth-order valence-corrected chi connectivity index (χ4v) is 11.6. The minimum atomic E-state index is -3.95. The third-order valence-corrected chi connectivity index (χ3v) is 14.3. The van der Waals surface area contributed by atoms with Crippen molar-refractivity contribution in [1.29, 1.82) is 0 Å². The molecule has 0 bridgehead atoms. The van der Waals surface area contributed by atoms with E-state index in [2.05, 4.69) is 37.7 Å². The van der Waals surface area contributed by atoms with Gasteiger partial charge in [0.2, 0.25) is 0 Å². The normalized spacial score (nSPS) is 39.6. The maximum atomic E-state index is 12.7. The van der Waals surface area contributed by atoms with Gasteiger partial charge >= 0.3 is 6.03 Å². The molecular weight excluding hydrogens is 562 g/mol. The van der Waals surface area contributed by atoms with Gasteiger partial charge in [0.15, 0.2) is 0 Å². The first-order valence-corrected chi connectivity index (χ1v) is 18.2. The summed E-state index contributed by atoms with van der Waals surface area (Å²) in [6, 6.07) is 5.73. The van der Waals surface area contributed by atoms with Gasteiger partial charge in [-0.05, 0) is 128 Å². The standard InChI is InChI=1S/C34H55N3O5S/c1-7-25-29-20-23(38)14-17-34(29,4)28-15-18-33(3)26(12-13-27(33)30(28)31(25)39)21(2)16-19-35-32(40)36-43(41,42)24-10-8-22(9-11-24)37(5)6/h8-11,21,23,25-31,38-39H,7,12-20H2,1-6H3,(H2,35,36,40)/t21-,23-,25-,26-,27+,28+,29+,30?,31-,33-,34-/m1/s1. The van der Waals surface area contributed by atoms with Crippen LogP contribution in [0.5, 0.6) is 0 Å². The molecule has 11 atom stereocenters. The van der Waals surface area contributed by atoms with Crippen LogP contribution in [-0.2, 0) is 10.0 Å². The van der Waals surface area contributed by atoms with Crippen LogP contribution >= 0.6 is 0 Å². The van der Waals surface area contributed by atoms with Crippen LogP contribution in [-0.4, -0.2) is 57.5 Å². The number of nitrogens with one attached hydrogen (secondary N) is 2. The largest absolute Gasteiger partial charge is 0.393 e. The van der Waals surface area contributed by atoms with Gasteiger partial charge in [0, 0.05) is 26.3 Å². The van der Waals surface area contributed by atoms with Gasteiger partial charge in [-0.25, -0.2) is 17.9 Å². The van der Waals surface area contributed by atoms with E-state index in [0.717, 1.165) is 57.1 Å². The number of benzene rings is 1. The van der Waals surface area contributed by atoms with Crippen LogP contribution in [0.15, 0.2) is 29.2 Å². The van der Waals surface area contributed by atoms with Crippen molar-refractivity contribution < 1.29 is 23.4 Å². The molecule has 4 aliphatic rings. The first kappa shape index (κ1) is 32.6. The number of rotatable bonds is 8. The van der Waals surface area contributed by atoms with Gasteiger partial charge in [-0.15, -0.1) is 0 Å². The highest BCUT2D eigenvalue weighted by atomic mass is 32.2. The maximum absolute atomic E-state index is 12.7. The highest BCUT2D eigenvalue weighted by molar-refractivity contribution is 7.90. The molecule has 9 heteroatoms. The monoisotopic (exact) mass is 617 g/mol. The molecule has 8 nitrogen and oxygen atoms in total. The molecule has 1 unspecified atom stereocenters. The number of aliphatic hydroxyl groups excluding tert-OH is 2. The van der Waals surface area contributed by atoms with Crippen LogP contribution < -0.4 is 14.9 Å². The summed E-state index contributed by atoms with van der Waals surface area (Å²) < 4.78 is 27.6. The summed E-state index contributed by atoms with van der Waals surface area (Å²) in [5.41, 5.74) is 1.23. The van der Waals surface area contributed by atoms with E-state index < -0.39 is 16.1 Å². The summed E-state index contributed by atoms with van der Waals surface area (Å²) in [6.45, 7) is 9.84. The topological polar surface area (TPSA) is 119 Å². The zero-order valence-corrected chi connectivity index (χ0v) is 27.9. The minimum Gasteiger partial charge on any atom is -0.393 e. The summed E-state index contributed by atoms with van der Waals surface area (Å²) in [5.74, 6) is 2.86. The number of hydrogen-bond acceptors (Lipinski definition) is 6. The average molecular weight is 618 g/mol. The van der Waals surface area contributed by atoms with Gasteiger partial charge in [-0.2, -0.15) is 0 Å². The predicted octanol–water partition coefficient (Wildman–Crippen LogP) is 5.39. The van der Waals surface area contributed by atoms with Crippen molar-refractivity contribution in [3.05, 3.63) is 24.3 Å². The highest BCUT2D eigenvalue weighted by Gasteiger charge is 2.64. The summed E-state index contributed by atoms with van der Waals surface area (Å²) in [5, 5.41) is 25.2. The second-order valence-electron chi connectivity index (χ2n) is 15.1. The number of sulfonamides is 1. The zero-order chi connectivity index (χ0) is 31.3. The van der Waals surface area contributed by atoms with Crippen molar-refractivity contribution in [2.24, 2.45) is 52.3 Å². The zero-order valence-electron chi connectivity index (χ0n) is 27.1. The van der Waals surface area contributed by atoms with E-state index in [0.29, 0.717) is 42.1 Å². The Balaban J connectivity index is 1.20. The van der Waals surface area contributed by atoms with Crippen molar-refractivity contribution in [3.63, 3.8) is 0 Å². The lowest BCUT2D eigenvalue weighted by Crippen LogP contribution is -2.62. The third kappa shape index (κ3) is 5.83. The average Bonchev–Trinajstić information content (AvgIpc) is 3.31. The lowest BCUT2D eigenvalue weighted by molar-refractivity contribution is -0.203. The van der Waals surface area contributed by atoms with Crippen molar-refractivity contribution in [2.45, 2.75) is 103 Å². The maximum Gasteiger partial charge on any atom is 0.328 e. The number of aliphatic hydroxyl groups is 2. The van der Waals surface area contributed by atoms with Crippen LogP contribution in [0.4, 0.5) is 10.5 Å². The molecule has 2 amide bonds. The van der Waals surface area contributed by atoms with Crippen molar-refractivity contribution in [1.82, 2.24) is 10.0 Å². The molecule has 43 heavy (non-hydrogen) atoms. The molecule has 0 saturated heterocycles. The molecule has 1 aromatic rings. The molecule has 4 aliphatic carbocycles. The van der Waals surface area contributed by atoms with Crippen LogP contribution in [0, 0.1) is 52.3 Å². The first-order chi connectivity index (χ1) is 20.2. The number of carbonyl (C=O) groups excluding carboxylic acids is 1. The number of anilines is 1. The van der Waals surface area contributed by atoms with Gasteiger partial charge in [-0.3, -0.25) is 0 Å². The summed E-state index contributed by atoms with van der Waals surface area (Å²) >= 11 is 0. The molecule has 0 radical (unpaired) electrons. The molecule has 1 aromatic carbocycles. The minimum absolute atomic E-state index is 0.0574. The number of urea groups is 1. The Bertz CT molecular complexity index is 1250. The molecule has 0 heterocycles. The number of carbonyl (C=O) groups is 1. The van der Waals surface area contributed by atoms with Crippen molar-refractivity contribution in [3.8, 4) is 0 Å². The Labute approximate surface area is 259 Å². The van der Waals surface area contributed by atoms with Gasteiger partial charge in [0.25, 0.3) is 10.0 Å². The summed E-state index contributed by atoms with van der Waals surface area (Å²) in [4.78, 5) is 14.5. The molecule has 242 valence electrons.